The Kier molecular flexibility index (Phi) is 4.25. The van der Waals surface area contributed by atoms with E-state index in [0.717, 1.165) is 22.6 Å². The Hall–Kier alpha value is -2.94. The van der Waals surface area contributed by atoms with Crippen molar-refractivity contribution in [1.82, 2.24) is 15.0 Å². The summed E-state index contributed by atoms with van der Waals surface area (Å²) < 4.78 is 0. The van der Waals surface area contributed by atoms with Crippen molar-refractivity contribution in [2.24, 2.45) is 0 Å². The number of hydrogen-bond acceptors (Lipinski definition) is 2. The summed E-state index contributed by atoms with van der Waals surface area (Å²) in [5, 5.41) is 1.20. The first-order chi connectivity index (χ1) is 10.8. The molecule has 4 rings (SSSR count). The van der Waals surface area contributed by atoms with Gasteiger partial charge in [0.25, 0.3) is 0 Å². The van der Waals surface area contributed by atoms with Crippen LogP contribution in [0.3, 0.4) is 0 Å². The van der Waals surface area contributed by atoms with Crippen molar-refractivity contribution in [2.75, 3.05) is 0 Å². The van der Waals surface area contributed by atoms with E-state index in [-0.39, 0.29) is 0 Å². The van der Waals surface area contributed by atoms with E-state index in [0.29, 0.717) is 0 Å². The van der Waals surface area contributed by atoms with Gasteiger partial charge in [0.05, 0.1) is 5.52 Å². The van der Waals surface area contributed by atoms with E-state index in [4.69, 9.17) is 0 Å². The highest BCUT2D eigenvalue weighted by molar-refractivity contribution is 5.77. The molecular weight excluding hydrogens is 270 g/mol. The lowest BCUT2D eigenvalue weighted by Crippen LogP contribution is -1.78. The zero-order valence-corrected chi connectivity index (χ0v) is 12.4. The summed E-state index contributed by atoms with van der Waals surface area (Å²) in [5.74, 6) is 0.938. The monoisotopic (exact) mass is 287 g/mol. The van der Waals surface area contributed by atoms with Gasteiger partial charge in [0.15, 0.2) is 0 Å². The molecule has 0 radical (unpaired) electrons. The van der Waals surface area contributed by atoms with Crippen LogP contribution in [0, 0.1) is 6.92 Å². The Labute approximate surface area is 129 Å². The molecular formula is C19H17N3. The third kappa shape index (κ3) is 3.38. The van der Waals surface area contributed by atoms with Crippen LogP contribution in [0.5, 0.6) is 0 Å². The highest BCUT2D eigenvalue weighted by Crippen LogP contribution is 2.13. The molecule has 4 aromatic rings. The number of aromatic nitrogens is 3. The maximum atomic E-state index is 4.23. The summed E-state index contributed by atoms with van der Waals surface area (Å²) in [5.41, 5.74) is 3.28. The van der Waals surface area contributed by atoms with Gasteiger partial charge in [-0.2, -0.15) is 0 Å². The van der Waals surface area contributed by atoms with Crippen molar-refractivity contribution in [3.05, 3.63) is 84.8 Å². The molecule has 3 heteroatoms. The number of fused-ring (bicyclic) bond motifs is 1. The summed E-state index contributed by atoms with van der Waals surface area (Å²) in [6.45, 7) is 2.00. The molecule has 0 saturated carbocycles. The van der Waals surface area contributed by atoms with Crippen LogP contribution in [-0.4, -0.2) is 15.0 Å². The van der Waals surface area contributed by atoms with Gasteiger partial charge in [-0.1, -0.05) is 54.6 Å². The van der Waals surface area contributed by atoms with E-state index in [1.807, 2.05) is 73.9 Å². The largest absolute Gasteiger partial charge is 0.342 e. The Morgan fingerprint density at radius 2 is 1.50 bits per heavy atom. The van der Waals surface area contributed by atoms with Gasteiger partial charge in [0.2, 0.25) is 0 Å². The molecule has 2 aromatic carbocycles. The lowest BCUT2D eigenvalue weighted by molar-refractivity contribution is 1.26. The quantitative estimate of drug-likeness (QED) is 0.555. The average molecular weight is 287 g/mol. The second-order valence-corrected chi connectivity index (χ2v) is 4.98. The molecule has 0 saturated heterocycles. The van der Waals surface area contributed by atoms with Crippen molar-refractivity contribution in [3.63, 3.8) is 0 Å². The molecule has 22 heavy (non-hydrogen) atoms. The second-order valence-electron chi connectivity index (χ2n) is 4.98. The predicted octanol–water partition coefficient (Wildman–Crippen LogP) is 4.62. The number of nitrogens with one attached hydrogen (secondary N) is 1. The second kappa shape index (κ2) is 6.68. The van der Waals surface area contributed by atoms with E-state index in [1.54, 1.807) is 0 Å². The van der Waals surface area contributed by atoms with Crippen molar-refractivity contribution in [1.29, 1.82) is 0 Å². The van der Waals surface area contributed by atoms with Gasteiger partial charge >= 0.3 is 0 Å². The Balaban J connectivity index is 0.000000133. The summed E-state index contributed by atoms with van der Waals surface area (Å²) in [6, 6.07) is 22.2. The van der Waals surface area contributed by atoms with Crippen LogP contribution in [0.15, 0.2) is 79.1 Å². The van der Waals surface area contributed by atoms with Gasteiger partial charge in [-0.25, -0.2) is 4.98 Å². The Morgan fingerprint density at radius 1 is 0.773 bits per heavy atom. The topological polar surface area (TPSA) is 41.6 Å². The molecule has 0 amide bonds. The van der Waals surface area contributed by atoms with E-state index in [1.165, 1.54) is 5.39 Å². The smallest absolute Gasteiger partial charge is 0.137 e. The molecule has 1 N–H and O–H groups in total. The summed E-state index contributed by atoms with van der Waals surface area (Å²) in [7, 11) is 0. The molecule has 108 valence electrons. The van der Waals surface area contributed by atoms with Gasteiger partial charge in [0.1, 0.15) is 5.82 Å². The predicted molar refractivity (Wildman–Crippen MR) is 90.5 cm³/mol. The number of aromatic amines is 1. The van der Waals surface area contributed by atoms with Crippen molar-refractivity contribution >= 4 is 10.9 Å². The minimum absolute atomic E-state index is 0.938. The fourth-order valence-corrected chi connectivity index (χ4v) is 2.17. The lowest BCUT2D eigenvalue weighted by Gasteiger charge is -1.93. The maximum absolute atomic E-state index is 4.23. The maximum Gasteiger partial charge on any atom is 0.137 e. The van der Waals surface area contributed by atoms with Crippen LogP contribution >= 0.6 is 0 Å². The number of imidazole rings is 1. The van der Waals surface area contributed by atoms with Gasteiger partial charge in [-0.3, -0.25) is 4.98 Å². The molecule has 0 aliphatic heterocycles. The van der Waals surface area contributed by atoms with Crippen LogP contribution in [0.25, 0.3) is 22.3 Å². The molecule has 0 atom stereocenters. The highest BCUT2D eigenvalue weighted by Gasteiger charge is 1.98. The van der Waals surface area contributed by atoms with Crippen LogP contribution in [0.1, 0.15) is 5.69 Å². The van der Waals surface area contributed by atoms with Crippen LogP contribution in [0.2, 0.25) is 0 Å². The average Bonchev–Trinajstić information content (AvgIpc) is 3.03. The number of para-hydroxylation sites is 1. The first kappa shape index (κ1) is 14.0. The normalized spacial score (nSPS) is 10.0. The van der Waals surface area contributed by atoms with Crippen LogP contribution in [-0.2, 0) is 0 Å². The third-order valence-electron chi connectivity index (χ3n) is 3.26. The van der Waals surface area contributed by atoms with E-state index in [9.17, 15) is 0 Å². The Morgan fingerprint density at radius 3 is 2.23 bits per heavy atom. The molecule has 2 aromatic heterocycles. The van der Waals surface area contributed by atoms with E-state index < -0.39 is 0 Å². The number of rotatable bonds is 1. The fraction of sp³-hybridized carbons (Fsp3) is 0.0526. The SMILES string of the molecule is Cc1cnc(-c2ccccc2)[nH]1.c1ccc2ncccc2c1. The van der Waals surface area contributed by atoms with E-state index in [2.05, 4.69) is 27.1 Å². The number of benzene rings is 2. The van der Waals surface area contributed by atoms with Crippen molar-refractivity contribution < 1.29 is 0 Å². The van der Waals surface area contributed by atoms with Gasteiger partial charge < -0.3 is 4.98 Å². The van der Waals surface area contributed by atoms with E-state index >= 15 is 0 Å². The first-order valence-electron chi connectivity index (χ1n) is 7.20. The third-order valence-corrected chi connectivity index (χ3v) is 3.26. The fourth-order valence-electron chi connectivity index (χ4n) is 2.17. The molecule has 0 unspecified atom stereocenters. The van der Waals surface area contributed by atoms with Gasteiger partial charge in [-0.15, -0.1) is 0 Å². The minimum atomic E-state index is 0.938. The lowest BCUT2D eigenvalue weighted by atomic mass is 10.2. The summed E-state index contributed by atoms with van der Waals surface area (Å²) >= 11 is 0. The molecule has 0 fully saturated rings. The molecule has 2 heterocycles. The zero-order valence-electron chi connectivity index (χ0n) is 12.4. The number of pyridine rings is 1. The van der Waals surface area contributed by atoms with Crippen molar-refractivity contribution in [3.8, 4) is 11.4 Å². The van der Waals surface area contributed by atoms with Crippen LogP contribution < -0.4 is 0 Å². The molecule has 0 aliphatic rings. The molecule has 3 nitrogen and oxygen atoms in total. The number of hydrogen-bond donors (Lipinski definition) is 1. The first-order valence-corrected chi connectivity index (χ1v) is 7.20. The molecule has 0 spiro atoms. The standard InChI is InChI=1S/C10H10N2.C9H7N/c1-8-7-11-10(12-8)9-5-3-2-4-6-9;1-2-6-9-8(4-1)5-3-7-10-9/h2-7H,1H3,(H,11,12);1-7H. The summed E-state index contributed by atoms with van der Waals surface area (Å²) in [4.78, 5) is 11.6. The minimum Gasteiger partial charge on any atom is -0.342 e. The number of H-pyrrole nitrogens is 1. The Bertz CT molecular complexity index is 785. The number of nitrogens with zero attached hydrogens (tertiary/aromatic N) is 2. The van der Waals surface area contributed by atoms with Gasteiger partial charge in [-0.05, 0) is 19.1 Å². The highest BCUT2D eigenvalue weighted by atomic mass is 14.9. The molecule has 0 bridgehead atoms. The van der Waals surface area contributed by atoms with Crippen LogP contribution in [0.4, 0.5) is 0 Å². The molecule has 0 aliphatic carbocycles. The number of aryl methyl sites for hydroxylation is 1. The van der Waals surface area contributed by atoms with Gasteiger partial charge in [0, 0.05) is 29.0 Å². The zero-order chi connectivity index (χ0) is 15.2. The summed E-state index contributed by atoms with van der Waals surface area (Å²) in [6.07, 6.45) is 3.64. The van der Waals surface area contributed by atoms with Crippen molar-refractivity contribution in [2.45, 2.75) is 6.92 Å².